The van der Waals surface area contributed by atoms with Crippen LogP contribution in [0.2, 0.25) is 0 Å². The van der Waals surface area contributed by atoms with Crippen molar-refractivity contribution in [2.75, 3.05) is 23.7 Å². The number of H-pyrrole nitrogens is 1. The van der Waals surface area contributed by atoms with Crippen LogP contribution in [0.1, 0.15) is 18.1 Å². The number of rotatable bonds is 10. The van der Waals surface area contributed by atoms with Crippen LogP contribution >= 0.6 is 0 Å². The number of anilines is 1. The van der Waals surface area contributed by atoms with Gasteiger partial charge in [0.2, 0.25) is 10.0 Å². The molecule has 1 atom stereocenters. The van der Waals surface area contributed by atoms with Gasteiger partial charge >= 0.3 is 0 Å². The van der Waals surface area contributed by atoms with Gasteiger partial charge in [-0.05, 0) is 48.4 Å². The number of aromatic amines is 1. The number of sulfonamides is 1. The van der Waals surface area contributed by atoms with Gasteiger partial charge in [-0.1, -0.05) is 60.7 Å². The molecule has 0 saturated carbocycles. The highest BCUT2D eigenvalue weighted by Gasteiger charge is 2.24. The summed E-state index contributed by atoms with van der Waals surface area (Å²) in [6.45, 7) is 2.66. The lowest BCUT2D eigenvalue weighted by Crippen LogP contribution is -2.41. The van der Waals surface area contributed by atoms with Gasteiger partial charge in [0, 0.05) is 28.9 Å². The van der Waals surface area contributed by atoms with Crippen LogP contribution in [0.25, 0.3) is 21.8 Å². The van der Waals surface area contributed by atoms with E-state index >= 15 is 0 Å². The van der Waals surface area contributed by atoms with Gasteiger partial charge in [-0.3, -0.25) is 9.62 Å². The number of aromatic nitrogens is 1. The van der Waals surface area contributed by atoms with Crippen LogP contribution in [-0.2, 0) is 22.3 Å². The molecular weight excluding hydrogens is 498 g/mol. The van der Waals surface area contributed by atoms with Crippen LogP contribution in [0.3, 0.4) is 0 Å². The summed E-state index contributed by atoms with van der Waals surface area (Å²) in [4.78, 5) is 3.41. The Labute approximate surface area is 222 Å². The zero-order valence-electron chi connectivity index (χ0n) is 21.4. The fourth-order valence-corrected chi connectivity index (χ4v) is 5.48. The van der Waals surface area contributed by atoms with Crippen LogP contribution in [0.4, 0.5) is 5.69 Å². The minimum atomic E-state index is -3.49. The number of nitrogens with one attached hydrogen (secondary N) is 2. The van der Waals surface area contributed by atoms with Gasteiger partial charge in [-0.2, -0.15) is 0 Å². The first-order valence-corrected chi connectivity index (χ1v) is 14.3. The molecule has 0 aliphatic rings. The second kappa shape index (κ2) is 10.5. The Hall–Kier alpha value is -3.85. The zero-order chi connectivity index (χ0) is 26.8. The Morgan fingerprint density at radius 1 is 0.895 bits per heavy atom. The molecule has 0 saturated heterocycles. The number of benzene rings is 4. The molecule has 0 unspecified atom stereocenters. The second-order valence-electron chi connectivity index (χ2n) is 9.53. The molecule has 196 valence electrons. The summed E-state index contributed by atoms with van der Waals surface area (Å²) in [6, 6.07) is 30.5. The van der Waals surface area contributed by atoms with Gasteiger partial charge in [-0.25, -0.2) is 8.42 Å². The predicted molar refractivity (Wildman–Crippen MR) is 153 cm³/mol. The summed E-state index contributed by atoms with van der Waals surface area (Å²) in [5.74, 6) is 0.745. The average molecular weight is 530 g/mol. The van der Waals surface area contributed by atoms with Gasteiger partial charge in [0.05, 0.1) is 24.0 Å². The van der Waals surface area contributed by atoms with Crippen molar-refractivity contribution in [2.24, 2.45) is 0 Å². The average Bonchev–Trinajstić information content (AvgIpc) is 3.28. The van der Waals surface area contributed by atoms with E-state index in [0.29, 0.717) is 24.4 Å². The van der Waals surface area contributed by atoms with E-state index in [0.717, 1.165) is 27.7 Å². The number of para-hydroxylation sites is 1. The molecular formula is C30H31N3O4S. The first-order valence-electron chi connectivity index (χ1n) is 12.4. The predicted octanol–water partition coefficient (Wildman–Crippen LogP) is 5.12. The van der Waals surface area contributed by atoms with Crippen molar-refractivity contribution in [3.63, 3.8) is 0 Å². The molecule has 1 heterocycles. The highest BCUT2D eigenvalue weighted by Crippen LogP contribution is 2.28. The summed E-state index contributed by atoms with van der Waals surface area (Å²) in [5.41, 5.74) is 2.82. The Balaban J connectivity index is 1.20. The number of ether oxygens (including phenoxy) is 1. The molecule has 0 spiro atoms. The van der Waals surface area contributed by atoms with Gasteiger partial charge in [0.25, 0.3) is 0 Å². The first-order chi connectivity index (χ1) is 18.2. The number of aliphatic hydroxyl groups is 1. The lowest BCUT2D eigenvalue weighted by molar-refractivity contribution is 0.0169. The largest absolute Gasteiger partial charge is 0.492 e. The maximum Gasteiger partial charge on any atom is 0.232 e. The van der Waals surface area contributed by atoms with E-state index < -0.39 is 15.7 Å². The summed E-state index contributed by atoms with van der Waals surface area (Å²) in [5, 5.41) is 16.5. The minimum Gasteiger partial charge on any atom is -0.492 e. The van der Waals surface area contributed by atoms with E-state index in [9.17, 15) is 13.5 Å². The molecule has 5 rings (SSSR count). The van der Waals surface area contributed by atoms with E-state index in [2.05, 4.69) is 22.4 Å². The third-order valence-electron chi connectivity index (χ3n) is 6.60. The molecule has 3 N–H and O–H groups in total. The van der Waals surface area contributed by atoms with E-state index in [1.165, 1.54) is 15.9 Å². The lowest BCUT2D eigenvalue weighted by atomic mass is 10.0. The van der Waals surface area contributed by atoms with Crippen molar-refractivity contribution in [3.05, 3.63) is 108 Å². The third-order valence-corrected chi connectivity index (χ3v) is 7.74. The smallest absolute Gasteiger partial charge is 0.232 e. The van der Waals surface area contributed by atoms with Gasteiger partial charge in [0.1, 0.15) is 18.1 Å². The van der Waals surface area contributed by atoms with Crippen LogP contribution in [0.15, 0.2) is 97.1 Å². The van der Waals surface area contributed by atoms with Crippen molar-refractivity contribution in [1.82, 2.24) is 10.3 Å². The second-order valence-corrected chi connectivity index (χ2v) is 11.4. The number of fused-ring (bicyclic) bond motifs is 3. The summed E-state index contributed by atoms with van der Waals surface area (Å²) >= 11 is 0. The highest BCUT2D eigenvalue weighted by atomic mass is 32.2. The van der Waals surface area contributed by atoms with Crippen molar-refractivity contribution in [3.8, 4) is 5.75 Å². The third kappa shape index (κ3) is 5.67. The first kappa shape index (κ1) is 25.8. The van der Waals surface area contributed by atoms with Gasteiger partial charge in [0.15, 0.2) is 0 Å². The molecule has 0 aliphatic heterocycles. The Kier molecular flexibility index (Phi) is 7.12. The Morgan fingerprint density at radius 3 is 2.32 bits per heavy atom. The van der Waals surface area contributed by atoms with Crippen LogP contribution < -0.4 is 14.4 Å². The fraction of sp³-hybridized carbons (Fsp3) is 0.200. The highest BCUT2D eigenvalue weighted by molar-refractivity contribution is 7.92. The molecule has 4 aromatic carbocycles. The monoisotopic (exact) mass is 529 g/mol. The van der Waals surface area contributed by atoms with Crippen molar-refractivity contribution < 1.29 is 18.3 Å². The molecule has 5 aromatic rings. The SMILES string of the molecule is C[C@](O)(NCCOc1ccc2c(c1)[nH]c1ccccc12)c1ccc(N(Cc2ccccc2)S(C)(=O)=O)cc1. The van der Waals surface area contributed by atoms with E-state index in [4.69, 9.17) is 4.74 Å². The summed E-state index contributed by atoms with van der Waals surface area (Å²) in [6.07, 6.45) is 1.19. The normalized spacial score (nSPS) is 13.4. The van der Waals surface area contributed by atoms with E-state index in [1.807, 2.05) is 60.7 Å². The number of hydrogen-bond donors (Lipinski definition) is 3. The van der Waals surface area contributed by atoms with Crippen molar-refractivity contribution in [2.45, 2.75) is 19.2 Å². The molecule has 1 aromatic heterocycles. The van der Waals surface area contributed by atoms with Crippen molar-refractivity contribution >= 4 is 37.5 Å². The quantitative estimate of drug-likeness (QED) is 0.172. The van der Waals surface area contributed by atoms with Crippen LogP contribution in [-0.4, -0.2) is 37.9 Å². The molecule has 0 radical (unpaired) electrons. The number of hydrogen-bond acceptors (Lipinski definition) is 5. The summed E-state index contributed by atoms with van der Waals surface area (Å²) in [7, 11) is -3.49. The van der Waals surface area contributed by atoms with Crippen molar-refractivity contribution in [1.29, 1.82) is 0 Å². The number of nitrogens with zero attached hydrogens (tertiary/aromatic N) is 1. The van der Waals surface area contributed by atoms with Gasteiger partial charge < -0.3 is 14.8 Å². The zero-order valence-corrected chi connectivity index (χ0v) is 22.2. The lowest BCUT2D eigenvalue weighted by Gasteiger charge is -2.27. The maximum absolute atomic E-state index is 12.5. The van der Waals surface area contributed by atoms with Crippen LogP contribution in [0, 0.1) is 0 Å². The van der Waals surface area contributed by atoms with Gasteiger partial charge in [-0.15, -0.1) is 0 Å². The maximum atomic E-state index is 12.5. The Bertz CT molecular complexity index is 1650. The Morgan fingerprint density at radius 2 is 1.58 bits per heavy atom. The molecule has 8 heteroatoms. The van der Waals surface area contributed by atoms with E-state index in [-0.39, 0.29) is 6.54 Å². The topological polar surface area (TPSA) is 94.7 Å². The molecule has 0 bridgehead atoms. The molecule has 0 amide bonds. The minimum absolute atomic E-state index is 0.231. The summed E-state index contributed by atoms with van der Waals surface area (Å²) < 4.78 is 32.2. The van der Waals surface area contributed by atoms with E-state index in [1.54, 1.807) is 31.2 Å². The standard InChI is InChI=1S/C30H31N3O4S/c1-30(34,23-12-14-24(15-13-23)33(38(2,35)36)21-22-8-4-3-5-9-22)31-18-19-37-25-16-17-27-26-10-6-7-11-28(26)32-29(27)20-25/h3-17,20,31-32,34H,18-19,21H2,1-2H3/t30-/m1/s1. The molecule has 7 nitrogen and oxygen atoms in total. The fourth-order valence-electron chi connectivity index (χ4n) is 4.59. The van der Waals surface area contributed by atoms with Crippen LogP contribution in [0.5, 0.6) is 5.75 Å². The molecule has 0 aliphatic carbocycles. The molecule has 0 fully saturated rings. The molecule has 38 heavy (non-hydrogen) atoms.